The van der Waals surface area contributed by atoms with Crippen molar-refractivity contribution < 1.29 is 9.47 Å². The Bertz CT molecular complexity index is 456. The van der Waals surface area contributed by atoms with E-state index < -0.39 is 0 Å². The summed E-state index contributed by atoms with van der Waals surface area (Å²) in [4.78, 5) is 0. The molecule has 1 saturated heterocycles. The molecule has 1 N–H and O–H groups in total. The van der Waals surface area contributed by atoms with E-state index in [0.29, 0.717) is 0 Å². The van der Waals surface area contributed by atoms with Crippen molar-refractivity contribution in [2.75, 3.05) is 40.0 Å². The second kappa shape index (κ2) is 7.72. The van der Waals surface area contributed by atoms with Crippen LogP contribution in [0.15, 0.2) is 4.47 Å². The van der Waals surface area contributed by atoms with Crippen LogP contribution < -0.4 is 5.32 Å². The third-order valence-electron chi connectivity index (χ3n) is 4.34. The van der Waals surface area contributed by atoms with E-state index in [9.17, 15) is 0 Å². The van der Waals surface area contributed by atoms with Crippen LogP contribution in [-0.4, -0.2) is 49.8 Å². The normalized spacial score (nSPS) is 18.1. The van der Waals surface area contributed by atoms with Crippen LogP contribution in [-0.2, 0) is 22.9 Å². The summed E-state index contributed by atoms with van der Waals surface area (Å²) in [5, 5.41) is 8.05. The van der Waals surface area contributed by atoms with Crippen LogP contribution in [0.2, 0.25) is 0 Å². The summed E-state index contributed by atoms with van der Waals surface area (Å²) in [5.74, 6) is 0. The van der Waals surface area contributed by atoms with Gasteiger partial charge in [0.15, 0.2) is 0 Å². The Morgan fingerprint density at radius 1 is 1.43 bits per heavy atom. The van der Waals surface area contributed by atoms with Crippen molar-refractivity contribution in [2.45, 2.75) is 26.2 Å². The Labute approximate surface area is 135 Å². The average Bonchev–Trinajstić information content (AvgIpc) is 2.71. The third-order valence-corrected chi connectivity index (χ3v) is 5.37. The van der Waals surface area contributed by atoms with Crippen LogP contribution in [0.1, 0.15) is 24.2 Å². The highest BCUT2D eigenvalue weighted by molar-refractivity contribution is 9.10. The van der Waals surface area contributed by atoms with Gasteiger partial charge in [-0.3, -0.25) is 4.68 Å². The molecule has 5 nitrogen and oxygen atoms in total. The van der Waals surface area contributed by atoms with Gasteiger partial charge in [0.25, 0.3) is 0 Å². The maximum atomic E-state index is 5.57. The lowest BCUT2D eigenvalue weighted by atomic mass is 9.76. The number of halogens is 1. The second-order valence-electron chi connectivity index (χ2n) is 5.93. The molecule has 0 unspecified atom stereocenters. The zero-order chi connectivity index (χ0) is 15.3. The molecule has 0 saturated carbocycles. The lowest BCUT2D eigenvalue weighted by molar-refractivity contribution is 0.0134. The summed E-state index contributed by atoms with van der Waals surface area (Å²) < 4.78 is 13.8. The van der Waals surface area contributed by atoms with E-state index in [1.54, 1.807) is 7.11 Å². The minimum atomic E-state index is 0.245. The number of methoxy groups -OCH3 is 1. The van der Waals surface area contributed by atoms with Crippen LogP contribution in [0.3, 0.4) is 0 Å². The fourth-order valence-electron chi connectivity index (χ4n) is 2.98. The number of nitrogens with zero attached hydrogens (tertiary/aromatic N) is 2. The molecule has 1 aliphatic heterocycles. The molecule has 0 radical (unpaired) electrons. The topological polar surface area (TPSA) is 48.3 Å². The summed E-state index contributed by atoms with van der Waals surface area (Å²) in [7, 11) is 3.76. The molecule has 0 atom stereocenters. The first kappa shape index (κ1) is 16.9. The van der Waals surface area contributed by atoms with Gasteiger partial charge in [-0.05, 0) is 47.5 Å². The van der Waals surface area contributed by atoms with Crippen molar-refractivity contribution in [3.63, 3.8) is 0 Å². The van der Waals surface area contributed by atoms with Crippen molar-refractivity contribution in [1.29, 1.82) is 0 Å². The molecule has 6 heteroatoms. The molecule has 1 aromatic rings. The first-order valence-electron chi connectivity index (χ1n) is 7.53. The fraction of sp³-hybridized carbons (Fsp3) is 0.800. The lowest BCUT2D eigenvalue weighted by Crippen LogP contribution is -2.42. The summed E-state index contributed by atoms with van der Waals surface area (Å²) >= 11 is 3.69. The Balaban J connectivity index is 2.08. The number of ether oxygens (including phenoxy) is 2. The van der Waals surface area contributed by atoms with Gasteiger partial charge in [0, 0.05) is 40.5 Å². The van der Waals surface area contributed by atoms with Gasteiger partial charge >= 0.3 is 0 Å². The molecule has 1 aromatic heterocycles. The SMILES string of the molecule is COCCNCC1(Cc2c(Br)c(C)nn2C)CCOCC1. The van der Waals surface area contributed by atoms with Crippen LogP contribution in [0.4, 0.5) is 0 Å². The zero-order valence-electron chi connectivity index (χ0n) is 13.2. The highest BCUT2D eigenvalue weighted by Crippen LogP contribution is 2.36. The molecule has 2 heterocycles. The van der Waals surface area contributed by atoms with Gasteiger partial charge in [-0.2, -0.15) is 5.10 Å². The van der Waals surface area contributed by atoms with Gasteiger partial charge in [-0.25, -0.2) is 0 Å². The van der Waals surface area contributed by atoms with Crippen LogP contribution >= 0.6 is 15.9 Å². The van der Waals surface area contributed by atoms with Crippen LogP contribution in [0.5, 0.6) is 0 Å². The monoisotopic (exact) mass is 359 g/mol. The Morgan fingerprint density at radius 3 is 2.71 bits per heavy atom. The molecule has 21 heavy (non-hydrogen) atoms. The largest absolute Gasteiger partial charge is 0.383 e. The van der Waals surface area contributed by atoms with E-state index in [0.717, 1.165) is 62.3 Å². The summed E-state index contributed by atoms with van der Waals surface area (Å²) in [5.41, 5.74) is 2.58. The molecule has 0 aliphatic carbocycles. The lowest BCUT2D eigenvalue weighted by Gasteiger charge is -2.37. The average molecular weight is 360 g/mol. The molecular weight excluding hydrogens is 334 g/mol. The number of rotatable bonds is 7. The Morgan fingerprint density at radius 2 is 2.14 bits per heavy atom. The van der Waals surface area contributed by atoms with Crippen molar-refractivity contribution >= 4 is 15.9 Å². The van der Waals surface area contributed by atoms with Gasteiger partial charge in [-0.1, -0.05) is 0 Å². The standard InChI is InChI=1S/C15H26BrN3O2/c1-12-14(16)13(19(2)18-12)10-15(4-7-21-8-5-15)11-17-6-9-20-3/h17H,4-11H2,1-3H3. The smallest absolute Gasteiger partial charge is 0.0738 e. The van der Waals surface area contributed by atoms with E-state index >= 15 is 0 Å². The number of nitrogens with one attached hydrogen (secondary N) is 1. The van der Waals surface area contributed by atoms with Gasteiger partial charge in [0.05, 0.1) is 22.5 Å². The minimum absolute atomic E-state index is 0.245. The first-order chi connectivity index (χ1) is 10.1. The van der Waals surface area contributed by atoms with E-state index in [1.807, 2.05) is 18.7 Å². The van der Waals surface area contributed by atoms with Crippen LogP contribution in [0, 0.1) is 12.3 Å². The number of aryl methyl sites for hydroxylation is 2. The third kappa shape index (κ3) is 4.28. The molecule has 0 amide bonds. The number of hydrogen-bond acceptors (Lipinski definition) is 4. The van der Waals surface area contributed by atoms with E-state index in [2.05, 4.69) is 26.3 Å². The van der Waals surface area contributed by atoms with Gasteiger partial charge in [0.2, 0.25) is 0 Å². The first-order valence-corrected chi connectivity index (χ1v) is 8.33. The highest BCUT2D eigenvalue weighted by atomic mass is 79.9. The molecular formula is C15H26BrN3O2. The van der Waals surface area contributed by atoms with E-state index in [1.165, 1.54) is 5.69 Å². The van der Waals surface area contributed by atoms with Gasteiger partial charge in [0.1, 0.15) is 0 Å². The number of aromatic nitrogens is 2. The minimum Gasteiger partial charge on any atom is -0.383 e. The predicted molar refractivity (Wildman–Crippen MR) is 86.6 cm³/mol. The predicted octanol–water partition coefficient (Wildman–Crippen LogP) is 2.07. The van der Waals surface area contributed by atoms with Crippen molar-refractivity contribution in [3.8, 4) is 0 Å². The molecule has 1 aliphatic rings. The molecule has 1 fully saturated rings. The zero-order valence-corrected chi connectivity index (χ0v) is 14.8. The fourth-order valence-corrected chi connectivity index (χ4v) is 3.45. The van der Waals surface area contributed by atoms with Crippen molar-refractivity contribution in [3.05, 3.63) is 15.9 Å². The van der Waals surface area contributed by atoms with Gasteiger partial charge < -0.3 is 14.8 Å². The Kier molecular flexibility index (Phi) is 6.22. The second-order valence-corrected chi connectivity index (χ2v) is 6.72. The molecule has 0 spiro atoms. The maximum Gasteiger partial charge on any atom is 0.0738 e. The highest BCUT2D eigenvalue weighted by Gasteiger charge is 2.34. The summed E-state index contributed by atoms with van der Waals surface area (Å²) in [6.07, 6.45) is 3.20. The molecule has 0 bridgehead atoms. The Hall–Kier alpha value is -0.430. The molecule has 2 rings (SSSR count). The molecule has 120 valence electrons. The maximum absolute atomic E-state index is 5.57. The number of hydrogen-bond donors (Lipinski definition) is 1. The van der Waals surface area contributed by atoms with E-state index in [-0.39, 0.29) is 5.41 Å². The van der Waals surface area contributed by atoms with Crippen LogP contribution in [0.25, 0.3) is 0 Å². The van der Waals surface area contributed by atoms with Crippen molar-refractivity contribution in [1.82, 2.24) is 15.1 Å². The summed E-state index contributed by atoms with van der Waals surface area (Å²) in [6, 6.07) is 0. The quantitative estimate of drug-likeness (QED) is 0.757. The summed E-state index contributed by atoms with van der Waals surface area (Å²) in [6.45, 7) is 6.38. The van der Waals surface area contributed by atoms with Crippen molar-refractivity contribution in [2.24, 2.45) is 12.5 Å². The van der Waals surface area contributed by atoms with Gasteiger partial charge in [-0.15, -0.1) is 0 Å². The van der Waals surface area contributed by atoms with E-state index in [4.69, 9.17) is 9.47 Å². The molecule has 0 aromatic carbocycles.